The number of amides is 11. The summed E-state index contributed by atoms with van der Waals surface area (Å²) >= 11 is 0. The van der Waals surface area contributed by atoms with Crippen molar-refractivity contribution >= 4 is 70.9 Å². The zero-order valence-electron chi connectivity index (χ0n) is 47.9. The van der Waals surface area contributed by atoms with E-state index in [9.17, 15) is 72.1 Å². The molecule has 6 atom stereocenters. The maximum Gasteiger partial charge on any atom is 0.303 e. The number of imide groups is 1. The van der Waals surface area contributed by atoms with Crippen molar-refractivity contribution in [3.63, 3.8) is 0 Å². The number of carboxylic acid groups (broad SMARTS) is 1. The van der Waals surface area contributed by atoms with E-state index >= 15 is 4.39 Å². The molecule has 460 valence electrons. The number of halogens is 2. The van der Waals surface area contributed by atoms with Crippen LogP contribution in [0.25, 0.3) is 11.1 Å². The van der Waals surface area contributed by atoms with Crippen LogP contribution in [0.1, 0.15) is 83.2 Å². The summed E-state index contributed by atoms with van der Waals surface area (Å²) in [5.74, 6) is -12.6. The van der Waals surface area contributed by atoms with E-state index in [1.54, 1.807) is 67.9 Å². The first kappa shape index (κ1) is 67.1. The molecule has 0 aliphatic carbocycles. The lowest BCUT2D eigenvalue weighted by Gasteiger charge is -2.41. The second-order valence-electron chi connectivity index (χ2n) is 21.3. The molecule has 2 aromatic carbocycles. The quantitative estimate of drug-likeness (QED) is 0.0230. The summed E-state index contributed by atoms with van der Waals surface area (Å²) < 4.78 is 31.9. The van der Waals surface area contributed by atoms with Crippen LogP contribution < -0.4 is 43.0 Å². The average molecular weight is 1200 g/mol. The molecule has 0 fully saturated rings. The minimum Gasteiger partial charge on any atom is -0.481 e. The Morgan fingerprint density at radius 1 is 0.698 bits per heavy atom. The normalized spacial score (nSPS) is 14.1. The molecule has 4 aromatic rings. The standard InChI is InChI=1S/C58H70F2N12O14/c1-33(65-45(74)25-35-17-20-62-21-18-35)54(83)66-34(2)55(84)69-43(53(61)82)28-46(75)67-42(57(86)64-23-22-63-56(85)41(13-16-51(80)81)68-47(76)31-72-48(77)14-15-49(72)78)19-24-71(50(79)32-73)52(58(3,4)5)44-26-37(39-27-38(59)11-12-40(39)60)30-70(44)29-36-9-7-6-8-10-36/h6-12,14-15,17-18,20-21,26-27,30,33-34,41-43,52,73H,13,16,19,22-25,28-29,31-32H2,1-5H3,(H2,61,82)(H,63,85)(H,64,86)(H,65,74)(H,66,83)(H,67,75)(H,68,76)(H,69,84)(H,80,81). The monoisotopic (exact) mass is 1200 g/mol. The fourth-order valence-electron chi connectivity index (χ4n) is 9.17. The number of aliphatic hydroxyl groups excluding tert-OH is 1. The van der Waals surface area contributed by atoms with Gasteiger partial charge in [-0.15, -0.1) is 0 Å². The van der Waals surface area contributed by atoms with E-state index in [1.807, 2.05) is 12.1 Å². The van der Waals surface area contributed by atoms with Crippen molar-refractivity contribution in [2.45, 2.75) is 110 Å². The molecule has 0 spiro atoms. The van der Waals surface area contributed by atoms with Gasteiger partial charge in [0.15, 0.2) is 0 Å². The van der Waals surface area contributed by atoms with Crippen LogP contribution in [0.5, 0.6) is 0 Å². The van der Waals surface area contributed by atoms with Crippen LogP contribution in [0.15, 0.2) is 97.5 Å². The predicted molar refractivity (Wildman–Crippen MR) is 302 cm³/mol. The molecule has 1 aliphatic heterocycles. The number of nitrogens with two attached hydrogens (primary N) is 1. The highest BCUT2D eigenvalue weighted by atomic mass is 19.1. The second-order valence-corrected chi connectivity index (χ2v) is 21.3. The van der Waals surface area contributed by atoms with Gasteiger partial charge in [-0.1, -0.05) is 51.1 Å². The number of pyridine rings is 1. The SMILES string of the molecule is CC(NC(=O)Cc1ccncc1)C(=O)NC(C)C(=O)NC(CC(=O)NC(CCN(C(=O)CO)C(c1cc(-c2cc(F)ccc2F)cn1Cc1ccccc1)C(C)(C)C)C(=O)NCCNC(=O)C(CCC(=O)O)NC(=O)CN1C(=O)C=CC1=O)C(N)=O. The number of hydrogen-bond donors (Lipinski definition) is 10. The molecule has 0 radical (unpaired) electrons. The summed E-state index contributed by atoms with van der Waals surface area (Å²) in [6.45, 7) is 5.09. The molecule has 11 N–H and O–H groups in total. The minimum absolute atomic E-state index is 0.0704. The lowest BCUT2D eigenvalue weighted by atomic mass is 9.82. The van der Waals surface area contributed by atoms with E-state index < -0.39 is 176 Å². The summed E-state index contributed by atoms with van der Waals surface area (Å²) in [4.78, 5) is 162. The minimum atomic E-state index is -1.76. The van der Waals surface area contributed by atoms with Crippen molar-refractivity contribution < 1.29 is 76.5 Å². The summed E-state index contributed by atoms with van der Waals surface area (Å²) in [6, 6.07) is 8.41. The van der Waals surface area contributed by atoms with Crippen molar-refractivity contribution in [1.82, 2.24) is 56.6 Å². The zero-order chi connectivity index (χ0) is 63.4. The van der Waals surface area contributed by atoms with Crippen molar-refractivity contribution in [2.24, 2.45) is 11.1 Å². The van der Waals surface area contributed by atoms with E-state index in [2.05, 4.69) is 42.2 Å². The third-order valence-electron chi connectivity index (χ3n) is 13.5. The van der Waals surface area contributed by atoms with E-state index in [1.165, 1.54) is 31.1 Å². The number of aromatic nitrogens is 2. The summed E-state index contributed by atoms with van der Waals surface area (Å²) in [5, 5.41) is 36.8. The van der Waals surface area contributed by atoms with Gasteiger partial charge in [0.1, 0.15) is 55.0 Å². The molecular formula is C58H70F2N12O14. The molecule has 0 saturated carbocycles. The Bertz CT molecular complexity index is 3170. The molecule has 0 bridgehead atoms. The third-order valence-corrected chi connectivity index (χ3v) is 13.5. The number of nitrogens with zero attached hydrogens (tertiary/aromatic N) is 4. The number of aliphatic hydroxyl groups is 1. The lowest BCUT2D eigenvalue weighted by Crippen LogP contribution is -2.56. The molecule has 0 saturated heterocycles. The maximum atomic E-state index is 15.4. The molecule has 11 amide bonds. The Kier molecular flexibility index (Phi) is 24.4. The van der Waals surface area contributed by atoms with Gasteiger partial charge in [0, 0.05) is 80.2 Å². The molecule has 2 aromatic heterocycles. The van der Waals surface area contributed by atoms with Gasteiger partial charge in [-0.05, 0) is 79.6 Å². The van der Waals surface area contributed by atoms with Crippen LogP contribution in [-0.2, 0) is 70.5 Å². The Labute approximate surface area is 493 Å². The van der Waals surface area contributed by atoms with Gasteiger partial charge in [0.05, 0.1) is 18.9 Å². The second kappa shape index (κ2) is 31.2. The van der Waals surface area contributed by atoms with Gasteiger partial charge >= 0.3 is 5.97 Å². The van der Waals surface area contributed by atoms with Gasteiger partial charge in [-0.2, -0.15) is 0 Å². The number of aliphatic carboxylic acids is 1. The van der Waals surface area contributed by atoms with Crippen LogP contribution in [0, 0.1) is 17.0 Å². The average Bonchev–Trinajstić information content (AvgIpc) is 1.83. The summed E-state index contributed by atoms with van der Waals surface area (Å²) in [7, 11) is 0. The summed E-state index contributed by atoms with van der Waals surface area (Å²) in [5.41, 5.74) is 6.64. The number of benzene rings is 2. The van der Waals surface area contributed by atoms with E-state index in [-0.39, 0.29) is 30.6 Å². The van der Waals surface area contributed by atoms with E-state index in [0.717, 1.165) is 35.9 Å². The van der Waals surface area contributed by atoms with Gasteiger partial charge in [0.2, 0.25) is 53.2 Å². The van der Waals surface area contributed by atoms with Crippen LogP contribution >= 0.6 is 0 Å². The maximum absolute atomic E-state index is 15.4. The molecule has 6 unspecified atom stereocenters. The highest BCUT2D eigenvalue weighted by molar-refractivity contribution is 6.14. The highest BCUT2D eigenvalue weighted by Gasteiger charge is 2.39. The van der Waals surface area contributed by atoms with Crippen LogP contribution in [0.3, 0.4) is 0 Å². The molecule has 3 heterocycles. The number of carboxylic acids is 1. The number of nitrogens with one attached hydrogen (secondary N) is 7. The van der Waals surface area contributed by atoms with Gasteiger partial charge in [-0.3, -0.25) is 67.4 Å². The number of primary amides is 1. The Hall–Kier alpha value is -9.73. The van der Waals surface area contributed by atoms with Gasteiger partial charge in [0.25, 0.3) is 11.8 Å². The smallest absolute Gasteiger partial charge is 0.303 e. The zero-order valence-corrected chi connectivity index (χ0v) is 47.9. The first-order valence-corrected chi connectivity index (χ1v) is 27.2. The molecule has 1 aliphatic rings. The van der Waals surface area contributed by atoms with Gasteiger partial charge < -0.3 is 62.6 Å². The molecule has 5 rings (SSSR count). The predicted octanol–water partition coefficient (Wildman–Crippen LogP) is -0.221. The van der Waals surface area contributed by atoms with Crippen molar-refractivity contribution in [3.05, 3.63) is 126 Å². The Morgan fingerprint density at radius 2 is 1.29 bits per heavy atom. The fraction of sp³-hybridized carbons (Fsp3) is 0.397. The van der Waals surface area contributed by atoms with Crippen LogP contribution in [0.2, 0.25) is 0 Å². The molecule has 86 heavy (non-hydrogen) atoms. The largest absolute Gasteiger partial charge is 0.481 e. The highest BCUT2D eigenvalue weighted by Crippen LogP contribution is 2.41. The fourth-order valence-corrected chi connectivity index (χ4v) is 9.17. The topological polar surface area (TPSA) is 380 Å². The van der Waals surface area contributed by atoms with Crippen LogP contribution in [0.4, 0.5) is 8.78 Å². The first-order valence-electron chi connectivity index (χ1n) is 27.2. The lowest BCUT2D eigenvalue weighted by molar-refractivity contribution is -0.141. The number of rotatable bonds is 31. The van der Waals surface area contributed by atoms with Crippen molar-refractivity contribution in [3.8, 4) is 11.1 Å². The number of carbonyl (C=O) groups excluding carboxylic acids is 11. The van der Waals surface area contributed by atoms with Crippen molar-refractivity contribution in [1.29, 1.82) is 0 Å². The molecular weight excluding hydrogens is 1130 g/mol. The van der Waals surface area contributed by atoms with E-state index in [4.69, 9.17) is 5.73 Å². The third kappa shape index (κ3) is 20.0. The Morgan fingerprint density at radius 3 is 1.88 bits per heavy atom. The van der Waals surface area contributed by atoms with E-state index in [0.29, 0.717) is 16.2 Å². The number of hydrogen-bond acceptors (Lipinski definition) is 14. The molecule has 26 nitrogen and oxygen atoms in total. The number of carbonyl (C=O) groups is 12. The van der Waals surface area contributed by atoms with Crippen LogP contribution in [-0.4, -0.2) is 164 Å². The Balaban J connectivity index is 1.38. The van der Waals surface area contributed by atoms with Gasteiger partial charge in [-0.25, -0.2) is 8.78 Å². The molecule has 28 heteroatoms. The first-order chi connectivity index (χ1) is 40.6. The van der Waals surface area contributed by atoms with Crippen molar-refractivity contribution in [2.75, 3.05) is 32.8 Å². The summed E-state index contributed by atoms with van der Waals surface area (Å²) in [6.07, 6.45) is 4.02.